The molecule has 12 heteroatoms. The van der Waals surface area contributed by atoms with Gasteiger partial charge in [0.2, 0.25) is 5.91 Å². The lowest BCUT2D eigenvalue weighted by molar-refractivity contribution is -0.304. The molecule has 1 aliphatic rings. The van der Waals surface area contributed by atoms with Gasteiger partial charge in [-0.3, -0.25) is 14.4 Å². The molecule has 1 amide bonds. The fourth-order valence-corrected chi connectivity index (χ4v) is 6.95. The number of hydrogen-bond acceptors (Lipinski definition) is 11. The maximum atomic E-state index is 13.5. The van der Waals surface area contributed by atoms with Crippen LogP contribution in [0.1, 0.15) is 183 Å². The van der Waals surface area contributed by atoms with Gasteiger partial charge in [-0.2, -0.15) is 0 Å². The van der Waals surface area contributed by atoms with E-state index in [-0.39, 0.29) is 37.8 Å². The molecule has 0 saturated carbocycles. The maximum absolute atomic E-state index is 13.5. The van der Waals surface area contributed by atoms with Gasteiger partial charge in [-0.15, -0.1) is 0 Å². The molecule has 9 atom stereocenters. The van der Waals surface area contributed by atoms with E-state index in [1.165, 1.54) is 0 Å². The molecule has 0 aromatic rings. The van der Waals surface area contributed by atoms with E-state index in [1.54, 1.807) is 6.92 Å². The van der Waals surface area contributed by atoms with Crippen molar-refractivity contribution in [2.75, 3.05) is 6.61 Å². The van der Waals surface area contributed by atoms with E-state index in [9.17, 15) is 34.8 Å². The number of esters is 2. The summed E-state index contributed by atoms with van der Waals surface area (Å²) >= 11 is 0. The van der Waals surface area contributed by atoms with Crippen LogP contribution in [0.15, 0.2) is 0 Å². The van der Waals surface area contributed by atoms with Gasteiger partial charge in [0, 0.05) is 0 Å². The number of rotatable bonds is 32. The van der Waals surface area contributed by atoms with Crippen molar-refractivity contribution in [3.05, 3.63) is 0 Å². The third-order valence-electron chi connectivity index (χ3n) is 10.2. The van der Waals surface area contributed by atoms with Crippen molar-refractivity contribution in [2.45, 2.75) is 238 Å². The van der Waals surface area contributed by atoms with Crippen molar-refractivity contribution in [3.63, 3.8) is 0 Å². The van der Waals surface area contributed by atoms with E-state index in [4.69, 9.17) is 18.9 Å². The lowest BCUT2D eigenvalue weighted by Crippen LogP contribution is -2.58. The number of amides is 1. The van der Waals surface area contributed by atoms with E-state index in [0.29, 0.717) is 31.6 Å². The van der Waals surface area contributed by atoms with Crippen LogP contribution >= 0.6 is 0 Å². The first kappa shape index (κ1) is 50.2. The Bertz CT molecular complexity index is 982. The van der Waals surface area contributed by atoms with E-state index < -0.39 is 61.0 Å². The fraction of sp³-hybridized carbons (Fsp3) is 0.929. The van der Waals surface area contributed by atoms with Crippen molar-refractivity contribution in [3.8, 4) is 0 Å². The van der Waals surface area contributed by atoms with Crippen molar-refractivity contribution in [2.24, 2.45) is 5.92 Å². The Kier molecular flexibility index (Phi) is 28.2. The number of aliphatic hydroxyl groups is 4. The molecule has 0 aliphatic carbocycles. The predicted molar refractivity (Wildman–Crippen MR) is 209 cm³/mol. The second kappa shape index (κ2) is 30.3. The van der Waals surface area contributed by atoms with Gasteiger partial charge in [0.15, 0.2) is 6.29 Å². The third-order valence-corrected chi connectivity index (χ3v) is 10.2. The van der Waals surface area contributed by atoms with Crippen LogP contribution in [-0.2, 0) is 33.3 Å². The van der Waals surface area contributed by atoms with E-state index in [2.05, 4.69) is 26.1 Å². The summed E-state index contributed by atoms with van der Waals surface area (Å²) in [6, 6.07) is -0.368. The van der Waals surface area contributed by atoms with Gasteiger partial charge in [0.05, 0.1) is 44.1 Å². The summed E-state index contributed by atoms with van der Waals surface area (Å²) in [5, 5.41) is 43.8. The summed E-state index contributed by atoms with van der Waals surface area (Å²) in [6.07, 6.45) is 8.52. The number of carbonyl (C=O) groups is 3. The SMILES string of the molecule is CCCCCCC[C@@H](CC(=O)N[C@H](CO)CC(C)C)OC(=O)C[C@H](CCCCCCC)OC(=O)C[C@H](CCCCCCC)O[C@@H]1O[C@@H](C)[C@H](O)[C@@H](O)[C@H]1O. The molecule has 0 aromatic carbocycles. The molecule has 0 bridgehead atoms. The summed E-state index contributed by atoms with van der Waals surface area (Å²) in [5.74, 6) is -1.06. The first-order valence-corrected chi connectivity index (χ1v) is 21.5. The molecule has 0 spiro atoms. The van der Waals surface area contributed by atoms with Crippen LogP contribution in [0.2, 0.25) is 0 Å². The monoisotopic (exact) mass is 774 g/mol. The molecule has 0 radical (unpaired) electrons. The molecule has 1 rings (SSSR count). The van der Waals surface area contributed by atoms with Crippen molar-refractivity contribution < 1.29 is 53.8 Å². The first-order valence-electron chi connectivity index (χ1n) is 21.5. The largest absolute Gasteiger partial charge is 0.462 e. The van der Waals surface area contributed by atoms with Crippen molar-refractivity contribution in [1.29, 1.82) is 0 Å². The molecule has 54 heavy (non-hydrogen) atoms. The minimum atomic E-state index is -1.49. The number of aliphatic hydroxyl groups excluding tert-OH is 4. The van der Waals surface area contributed by atoms with Crippen molar-refractivity contribution >= 4 is 17.8 Å². The molecule has 318 valence electrons. The van der Waals surface area contributed by atoms with Crippen LogP contribution in [0.5, 0.6) is 0 Å². The van der Waals surface area contributed by atoms with Gasteiger partial charge in [-0.1, -0.05) is 118 Å². The zero-order valence-corrected chi connectivity index (χ0v) is 34.7. The number of carbonyl (C=O) groups excluding carboxylic acids is 3. The molecular weight excluding hydrogens is 694 g/mol. The second-order valence-corrected chi connectivity index (χ2v) is 16.0. The van der Waals surface area contributed by atoms with Crippen LogP contribution in [0.3, 0.4) is 0 Å². The zero-order valence-electron chi connectivity index (χ0n) is 34.7. The van der Waals surface area contributed by atoms with Crippen LogP contribution in [0.25, 0.3) is 0 Å². The molecule has 0 unspecified atom stereocenters. The number of unbranched alkanes of at least 4 members (excludes halogenated alkanes) is 12. The van der Waals surface area contributed by atoms with Crippen LogP contribution in [0.4, 0.5) is 0 Å². The number of ether oxygens (including phenoxy) is 4. The van der Waals surface area contributed by atoms with Crippen LogP contribution in [0, 0.1) is 5.92 Å². The van der Waals surface area contributed by atoms with Gasteiger partial charge in [0.25, 0.3) is 0 Å². The Balaban J connectivity index is 3.04. The summed E-state index contributed by atoms with van der Waals surface area (Å²) < 4.78 is 23.6. The molecule has 1 fully saturated rings. The molecule has 0 aromatic heterocycles. The molecule has 1 aliphatic heterocycles. The molecule has 1 heterocycles. The lowest BCUT2D eigenvalue weighted by Gasteiger charge is -2.40. The highest BCUT2D eigenvalue weighted by molar-refractivity contribution is 5.78. The zero-order chi connectivity index (χ0) is 40.3. The molecule has 1 saturated heterocycles. The summed E-state index contributed by atoms with van der Waals surface area (Å²) in [7, 11) is 0. The smallest absolute Gasteiger partial charge is 0.309 e. The minimum Gasteiger partial charge on any atom is -0.462 e. The quantitative estimate of drug-likeness (QED) is 0.0359. The van der Waals surface area contributed by atoms with Gasteiger partial charge in [-0.25, -0.2) is 0 Å². The van der Waals surface area contributed by atoms with E-state index in [1.807, 2.05) is 13.8 Å². The Morgan fingerprint density at radius 1 is 0.630 bits per heavy atom. The van der Waals surface area contributed by atoms with Crippen LogP contribution < -0.4 is 5.32 Å². The van der Waals surface area contributed by atoms with Gasteiger partial charge < -0.3 is 44.7 Å². The molecule has 5 N–H and O–H groups in total. The first-order chi connectivity index (χ1) is 25.8. The highest BCUT2D eigenvalue weighted by Gasteiger charge is 2.43. The van der Waals surface area contributed by atoms with E-state index >= 15 is 0 Å². The fourth-order valence-electron chi connectivity index (χ4n) is 6.95. The minimum absolute atomic E-state index is 0.00765. The Labute approximate surface area is 326 Å². The number of nitrogens with one attached hydrogen (secondary N) is 1. The normalized spacial score (nSPS) is 22.4. The van der Waals surface area contributed by atoms with Crippen LogP contribution in [-0.4, -0.2) is 99.9 Å². The molecular formula is C42H79NO11. The van der Waals surface area contributed by atoms with Gasteiger partial charge in [0.1, 0.15) is 30.5 Å². The topological polar surface area (TPSA) is 181 Å². The number of hydrogen-bond donors (Lipinski definition) is 5. The highest BCUT2D eigenvalue weighted by Crippen LogP contribution is 2.26. The average molecular weight is 774 g/mol. The second-order valence-electron chi connectivity index (χ2n) is 16.0. The van der Waals surface area contributed by atoms with Gasteiger partial charge in [-0.05, 0) is 51.4 Å². The maximum Gasteiger partial charge on any atom is 0.309 e. The van der Waals surface area contributed by atoms with Crippen molar-refractivity contribution in [1.82, 2.24) is 5.32 Å². The average Bonchev–Trinajstić information content (AvgIpc) is 3.11. The highest BCUT2D eigenvalue weighted by atomic mass is 16.7. The Morgan fingerprint density at radius 2 is 1.07 bits per heavy atom. The Hall–Kier alpha value is -1.83. The predicted octanol–water partition coefficient (Wildman–Crippen LogP) is 6.80. The summed E-state index contributed by atoms with van der Waals surface area (Å²) in [6.45, 7) is 11.9. The van der Waals surface area contributed by atoms with E-state index in [0.717, 1.165) is 96.3 Å². The Morgan fingerprint density at radius 3 is 1.54 bits per heavy atom. The third kappa shape index (κ3) is 22.7. The lowest BCUT2D eigenvalue weighted by atomic mass is 9.99. The van der Waals surface area contributed by atoms with Gasteiger partial charge >= 0.3 is 11.9 Å². The summed E-state index contributed by atoms with van der Waals surface area (Å²) in [4.78, 5) is 40.0. The molecule has 12 nitrogen and oxygen atoms in total. The summed E-state index contributed by atoms with van der Waals surface area (Å²) in [5.41, 5.74) is 0. The standard InChI is InChI=1S/C42H79NO11/c1-7-10-13-16-19-22-33(26-36(45)43-32(29-44)25-30(4)5)52-37(46)27-34(23-20-17-14-11-8-2)53-38(47)28-35(24-21-18-15-12-9-3)54-42-41(50)40(49)39(48)31(6)51-42/h30-35,39-42,44,48-50H,7-29H2,1-6H3,(H,43,45)/t31-,32-,33-,34-,35-,39-,40+,41+,42-/m0/s1.